The highest BCUT2D eigenvalue weighted by atomic mass is 15.2. The highest BCUT2D eigenvalue weighted by Crippen LogP contribution is 2.41. The Morgan fingerprint density at radius 2 is 1.76 bits per heavy atom. The maximum Gasteiger partial charge on any atom is 0.0337 e. The van der Waals surface area contributed by atoms with Crippen molar-refractivity contribution in [3.8, 4) is 0 Å². The van der Waals surface area contributed by atoms with Crippen molar-refractivity contribution >= 4 is 0 Å². The maximum atomic E-state index is 6.38. The van der Waals surface area contributed by atoms with Crippen molar-refractivity contribution in [1.82, 2.24) is 4.90 Å². The largest absolute Gasteiger partial charge is 0.329 e. The molecule has 0 aromatic heterocycles. The molecule has 0 amide bonds. The lowest BCUT2D eigenvalue weighted by atomic mass is 9.70. The van der Waals surface area contributed by atoms with Crippen LogP contribution in [0.5, 0.6) is 0 Å². The summed E-state index contributed by atoms with van der Waals surface area (Å²) in [5, 5.41) is 0. The van der Waals surface area contributed by atoms with E-state index in [2.05, 4.69) is 46.4 Å². The molecule has 0 heterocycles. The molecule has 2 N–H and O–H groups in total. The van der Waals surface area contributed by atoms with E-state index in [4.69, 9.17) is 5.73 Å². The first kappa shape index (κ1) is 19.0. The topological polar surface area (TPSA) is 29.3 Å². The number of nitrogens with zero attached hydrogens (tertiary/aromatic N) is 1. The summed E-state index contributed by atoms with van der Waals surface area (Å²) in [7, 11) is 0. The molecule has 21 heavy (non-hydrogen) atoms. The second-order valence-electron chi connectivity index (χ2n) is 8.05. The SMILES string of the molecule is CCC(CC)N(CC(C)C)C1(CN)CCCC(C(C)C)C1. The highest BCUT2D eigenvalue weighted by molar-refractivity contribution is 4.99. The maximum absolute atomic E-state index is 6.38. The minimum Gasteiger partial charge on any atom is -0.329 e. The van der Waals surface area contributed by atoms with Gasteiger partial charge in [0.15, 0.2) is 0 Å². The molecule has 0 spiro atoms. The molecule has 2 atom stereocenters. The van der Waals surface area contributed by atoms with Crippen LogP contribution in [0.15, 0.2) is 0 Å². The van der Waals surface area contributed by atoms with Gasteiger partial charge in [0.05, 0.1) is 0 Å². The molecule has 2 unspecified atom stereocenters. The lowest BCUT2D eigenvalue weighted by Crippen LogP contribution is -2.60. The number of nitrogens with two attached hydrogens (primary N) is 1. The van der Waals surface area contributed by atoms with Gasteiger partial charge in [-0.3, -0.25) is 4.90 Å². The molecule has 0 aromatic rings. The van der Waals surface area contributed by atoms with Crippen LogP contribution in [0.1, 0.15) is 80.1 Å². The van der Waals surface area contributed by atoms with Gasteiger partial charge in [-0.1, -0.05) is 54.4 Å². The van der Waals surface area contributed by atoms with Crippen LogP contribution < -0.4 is 5.73 Å². The molecule has 1 rings (SSSR count). The van der Waals surface area contributed by atoms with Crippen LogP contribution in [0.2, 0.25) is 0 Å². The van der Waals surface area contributed by atoms with Gasteiger partial charge in [0.1, 0.15) is 0 Å². The Hall–Kier alpha value is -0.0800. The first-order valence-corrected chi connectivity index (χ1v) is 9.37. The first-order valence-electron chi connectivity index (χ1n) is 9.37. The number of hydrogen-bond donors (Lipinski definition) is 1. The Labute approximate surface area is 133 Å². The van der Waals surface area contributed by atoms with E-state index in [9.17, 15) is 0 Å². The van der Waals surface area contributed by atoms with E-state index in [1.54, 1.807) is 0 Å². The second-order valence-corrected chi connectivity index (χ2v) is 8.05. The zero-order valence-electron chi connectivity index (χ0n) is 15.5. The predicted molar refractivity (Wildman–Crippen MR) is 94.5 cm³/mol. The third-order valence-corrected chi connectivity index (χ3v) is 5.74. The summed E-state index contributed by atoms with van der Waals surface area (Å²) in [6.45, 7) is 16.2. The van der Waals surface area contributed by atoms with Crippen LogP contribution >= 0.6 is 0 Å². The molecular weight excluding hydrogens is 256 g/mol. The van der Waals surface area contributed by atoms with Crippen LogP contribution in [0.4, 0.5) is 0 Å². The van der Waals surface area contributed by atoms with E-state index in [0.29, 0.717) is 12.0 Å². The third kappa shape index (κ3) is 4.69. The summed E-state index contributed by atoms with van der Waals surface area (Å²) in [5.41, 5.74) is 6.64. The standard InChI is InChI=1S/C19H40N2/c1-7-18(8-2)21(13-15(3)4)19(14-20)11-9-10-17(12-19)16(5)6/h15-18H,7-14,20H2,1-6H3. The lowest BCUT2D eigenvalue weighted by Gasteiger charge is -2.52. The smallest absolute Gasteiger partial charge is 0.0337 e. The van der Waals surface area contributed by atoms with Crippen molar-refractivity contribution in [2.45, 2.75) is 91.6 Å². The van der Waals surface area contributed by atoms with Gasteiger partial charge in [0, 0.05) is 24.7 Å². The molecule has 2 nitrogen and oxygen atoms in total. The fourth-order valence-electron chi connectivity index (χ4n) is 4.37. The van der Waals surface area contributed by atoms with Gasteiger partial charge >= 0.3 is 0 Å². The zero-order valence-corrected chi connectivity index (χ0v) is 15.5. The van der Waals surface area contributed by atoms with E-state index in [1.165, 1.54) is 45.1 Å². The molecule has 2 heteroatoms. The van der Waals surface area contributed by atoms with Gasteiger partial charge in [0.2, 0.25) is 0 Å². The van der Waals surface area contributed by atoms with E-state index in [0.717, 1.165) is 18.4 Å². The molecule has 0 bridgehead atoms. The fraction of sp³-hybridized carbons (Fsp3) is 1.00. The molecule has 1 fully saturated rings. The molecule has 126 valence electrons. The van der Waals surface area contributed by atoms with Crippen LogP contribution in [-0.4, -0.2) is 29.6 Å². The van der Waals surface area contributed by atoms with Crippen molar-refractivity contribution in [2.75, 3.05) is 13.1 Å². The minimum absolute atomic E-state index is 0.258. The molecule has 0 radical (unpaired) electrons. The Balaban J connectivity index is 3.02. The summed E-state index contributed by atoms with van der Waals surface area (Å²) >= 11 is 0. The fourth-order valence-corrected chi connectivity index (χ4v) is 4.37. The lowest BCUT2D eigenvalue weighted by molar-refractivity contribution is -0.0162. The van der Waals surface area contributed by atoms with Crippen LogP contribution in [0.25, 0.3) is 0 Å². The van der Waals surface area contributed by atoms with Crippen LogP contribution in [0, 0.1) is 17.8 Å². The van der Waals surface area contributed by atoms with E-state index < -0.39 is 0 Å². The van der Waals surface area contributed by atoms with E-state index >= 15 is 0 Å². The van der Waals surface area contributed by atoms with Gasteiger partial charge in [-0.05, 0) is 43.4 Å². The van der Waals surface area contributed by atoms with Crippen molar-refractivity contribution in [3.05, 3.63) is 0 Å². The van der Waals surface area contributed by atoms with Gasteiger partial charge in [-0.15, -0.1) is 0 Å². The molecule has 1 aliphatic carbocycles. The first-order chi connectivity index (χ1) is 9.90. The molecule has 0 saturated heterocycles. The average molecular weight is 297 g/mol. The Bertz CT molecular complexity index is 283. The summed E-state index contributed by atoms with van der Waals surface area (Å²) < 4.78 is 0. The van der Waals surface area contributed by atoms with Crippen molar-refractivity contribution in [1.29, 1.82) is 0 Å². The molecule has 1 aliphatic rings. The zero-order chi connectivity index (χ0) is 16.0. The Morgan fingerprint density at radius 1 is 1.14 bits per heavy atom. The van der Waals surface area contributed by atoms with Gasteiger partial charge in [-0.2, -0.15) is 0 Å². The predicted octanol–water partition coefficient (Wildman–Crippen LogP) is 4.68. The highest BCUT2D eigenvalue weighted by Gasteiger charge is 2.42. The normalized spacial score (nSPS) is 27.3. The number of hydrogen-bond acceptors (Lipinski definition) is 2. The number of rotatable bonds is 8. The molecular formula is C19H40N2. The van der Waals surface area contributed by atoms with Crippen molar-refractivity contribution < 1.29 is 0 Å². The van der Waals surface area contributed by atoms with Crippen LogP contribution in [0.3, 0.4) is 0 Å². The van der Waals surface area contributed by atoms with Crippen LogP contribution in [-0.2, 0) is 0 Å². The summed E-state index contributed by atoms with van der Waals surface area (Å²) in [4.78, 5) is 2.83. The summed E-state index contributed by atoms with van der Waals surface area (Å²) in [6, 6.07) is 0.696. The van der Waals surface area contributed by atoms with Crippen molar-refractivity contribution in [2.24, 2.45) is 23.5 Å². The summed E-state index contributed by atoms with van der Waals surface area (Å²) in [5.74, 6) is 2.36. The minimum atomic E-state index is 0.258. The average Bonchev–Trinajstić information content (AvgIpc) is 2.47. The van der Waals surface area contributed by atoms with E-state index in [-0.39, 0.29) is 5.54 Å². The summed E-state index contributed by atoms with van der Waals surface area (Å²) in [6.07, 6.45) is 7.86. The molecule has 0 aliphatic heterocycles. The van der Waals surface area contributed by atoms with Gasteiger partial charge in [-0.25, -0.2) is 0 Å². The van der Waals surface area contributed by atoms with Gasteiger partial charge in [0.25, 0.3) is 0 Å². The Kier molecular flexibility index (Phi) is 7.70. The van der Waals surface area contributed by atoms with Gasteiger partial charge < -0.3 is 5.73 Å². The molecule has 1 saturated carbocycles. The van der Waals surface area contributed by atoms with Crippen molar-refractivity contribution in [3.63, 3.8) is 0 Å². The Morgan fingerprint density at radius 3 is 2.19 bits per heavy atom. The third-order valence-electron chi connectivity index (χ3n) is 5.74. The molecule has 0 aromatic carbocycles. The van der Waals surface area contributed by atoms with E-state index in [1.807, 2.05) is 0 Å². The second kappa shape index (κ2) is 8.53. The quantitative estimate of drug-likeness (QED) is 0.705. The monoisotopic (exact) mass is 296 g/mol.